The van der Waals surface area contributed by atoms with Crippen molar-refractivity contribution in [2.24, 2.45) is 0 Å². The van der Waals surface area contributed by atoms with Crippen LogP contribution in [0.25, 0.3) is 10.8 Å². The van der Waals surface area contributed by atoms with Gasteiger partial charge in [0.15, 0.2) is 0 Å². The number of nitrogens with zero attached hydrogens (tertiary/aromatic N) is 1. The van der Waals surface area contributed by atoms with Crippen LogP contribution >= 0.6 is 15.9 Å². The molecule has 2 aromatic carbocycles. The summed E-state index contributed by atoms with van der Waals surface area (Å²) in [6.07, 6.45) is 0. The van der Waals surface area contributed by atoms with E-state index in [0.29, 0.717) is 0 Å². The lowest BCUT2D eigenvalue weighted by Gasteiger charge is -2.19. The van der Waals surface area contributed by atoms with Crippen molar-refractivity contribution in [2.75, 3.05) is 31.5 Å². The second kappa shape index (κ2) is 6.92. The van der Waals surface area contributed by atoms with Gasteiger partial charge in [-0.2, -0.15) is 0 Å². The van der Waals surface area contributed by atoms with Crippen molar-refractivity contribution in [2.45, 2.75) is 13.8 Å². The molecule has 19 heavy (non-hydrogen) atoms. The molecule has 0 aromatic heterocycles. The van der Waals surface area contributed by atoms with Crippen LogP contribution in [-0.4, -0.2) is 31.1 Å². The highest BCUT2D eigenvalue weighted by Gasteiger charge is 2.04. The largest absolute Gasteiger partial charge is 0.383 e. The summed E-state index contributed by atoms with van der Waals surface area (Å²) in [6, 6.07) is 12.7. The highest BCUT2D eigenvalue weighted by molar-refractivity contribution is 9.10. The Kier molecular flexibility index (Phi) is 5.23. The molecule has 1 N–H and O–H groups in total. The van der Waals surface area contributed by atoms with Crippen molar-refractivity contribution in [1.29, 1.82) is 0 Å². The zero-order valence-corrected chi connectivity index (χ0v) is 13.2. The van der Waals surface area contributed by atoms with Crippen LogP contribution in [0.5, 0.6) is 0 Å². The minimum atomic E-state index is 0.979. The van der Waals surface area contributed by atoms with Crippen LogP contribution in [0.15, 0.2) is 40.9 Å². The van der Waals surface area contributed by atoms with Gasteiger partial charge in [-0.15, -0.1) is 0 Å². The number of benzene rings is 2. The van der Waals surface area contributed by atoms with Crippen molar-refractivity contribution in [1.82, 2.24) is 4.90 Å². The van der Waals surface area contributed by atoms with Gasteiger partial charge in [0.25, 0.3) is 0 Å². The molecule has 0 radical (unpaired) electrons. The summed E-state index contributed by atoms with van der Waals surface area (Å²) in [4.78, 5) is 2.42. The molecule has 0 unspecified atom stereocenters. The molecule has 0 aliphatic carbocycles. The fourth-order valence-electron chi connectivity index (χ4n) is 2.30. The van der Waals surface area contributed by atoms with Gasteiger partial charge in [0.1, 0.15) is 0 Å². The zero-order chi connectivity index (χ0) is 13.7. The molecule has 0 bridgehead atoms. The Hall–Kier alpha value is -1.06. The number of halogens is 1. The van der Waals surface area contributed by atoms with Gasteiger partial charge < -0.3 is 10.2 Å². The van der Waals surface area contributed by atoms with E-state index in [9.17, 15) is 0 Å². The fraction of sp³-hybridized carbons (Fsp3) is 0.375. The number of hydrogen-bond acceptors (Lipinski definition) is 2. The zero-order valence-electron chi connectivity index (χ0n) is 11.6. The number of anilines is 1. The second-order valence-electron chi connectivity index (χ2n) is 4.59. The Bertz CT molecular complexity index is 535. The van der Waals surface area contributed by atoms with Crippen molar-refractivity contribution in [3.63, 3.8) is 0 Å². The molecule has 102 valence electrons. The summed E-state index contributed by atoms with van der Waals surface area (Å²) >= 11 is 3.61. The highest BCUT2D eigenvalue weighted by atomic mass is 79.9. The van der Waals surface area contributed by atoms with Gasteiger partial charge in [-0.05, 0) is 30.6 Å². The molecule has 2 rings (SSSR count). The Labute approximate surface area is 123 Å². The Balaban J connectivity index is 2.11. The third-order valence-corrected chi connectivity index (χ3v) is 4.20. The SMILES string of the molecule is CCN(CC)CCNc1ccc(Br)c2ccccc12. The van der Waals surface area contributed by atoms with Crippen molar-refractivity contribution >= 4 is 32.4 Å². The molecule has 0 heterocycles. The van der Waals surface area contributed by atoms with E-state index in [1.807, 2.05) is 0 Å². The molecular weight excluding hydrogens is 300 g/mol. The molecule has 0 saturated heterocycles. The van der Waals surface area contributed by atoms with Gasteiger partial charge in [0.2, 0.25) is 0 Å². The molecule has 0 saturated carbocycles. The van der Waals surface area contributed by atoms with Crippen LogP contribution in [0.3, 0.4) is 0 Å². The average Bonchev–Trinajstić information content (AvgIpc) is 2.46. The molecule has 3 heteroatoms. The van der Waals surface area contributed by atoms with E-state index in [-0.39, 0.29) is 0 Å². The predicted molar refractivity (Wildman–Crippen MR) is 87.9 cm³/mol. The standard InChI is InChI=1S/C16H21BrN2/c1-3-19(4-2)12-11-18-16-10-9-15(17)13-7-5-6-8-14(13)16/h5-10,18H,3-4,11-12H2,1-2H3. The van der Waals surface area contributed by atoms with Crippen LogP contribution in [0.2, 0.25) is 0 Å². The monoisotopic (exact) mass is 320 g/mol. The summed E-state index contributed by atoms with van der Waals surface area (Å²) in [6.45, 7) is 8.69. The van der Waals surface area contributed by atoms with E-state index < -0.39 is 0 Å². The van der Waals surface area contributed by atoms with Gasteiger partial charge in [0.05, 0.1) is 0 Å². The minimum absolute atomic E-state index is 0.979. The summed E-state index contributed by atoms with van der Waals surface area (Å²) in [5, 5.41) is 6.09. The molecule has 0 spiro atoms. The van der Waals surface area contributed by atoms with E-state index in [0.717, 1.165) is 30.7 Å². The quantitative estimate of drug-likeness (QED) is 0.850. The van der Waals surface area contributed by atoms with Crippen LogP contribution in [0.1, 0.15) is 13.8 Å². The summed E-state index contributed by atoms with van der Waals surface area (Å²) < 4.78 is 1.15. The third kappa shape index (κ3) is 3.48. The number of hydrogen-bond donors (Lipinski definition) is 1. The summed E-state index contributed by atoms with van der Waals surface area (Å²) in [5.74, 6) is 0. The first-order chi connectivity index (χ1) is 9.26. The molecule has 0 amide bonds. The van der Waals surface area contributed by atoms with Gasteiger partial charge in [-0.25, -0.2) is 0 Å². The van der Waals surface area contributed by atoms with Crippen LogP contribution in [0.4, 0.5) is 5.69 Å². The smallest absolute Gasteiger partial charge is 0.0421 e. The van der Waals surface area contributed by atoms with E-state index in [1.54, 1.807) is 0 Å². The van der Waals surface area contributed by atoms with E-state index >= 15 is 0 Å². The molecule has 0 aliphatic heterocycles. The Morgan fingerprint density at radius 1 is 1.00 bits per heavy atom. The number of likely N-dealkylation sites (N-methyl/N-ethyl adjacent to an activating group) is 1. The number of nitrogens with one attached hydrogen (secondary N) is 1. The molecule has 2 nitrogen and oxygen atoms in total. The molecular formula is C16H21BrN2. The summed E-state index contributed by atoms with van der Waals surface area (Å²) in [5.41, 5.74) is 1.21. The second-order valence-corrected chi connectivity index (χ2v) is 5.45. The van der Waals surface area contributed by atoms with E-state index in [1.165, 1.54) is 16.5 Å². The normalized spacial score (nSPS) is 11.2. The topological polar surface area (TPSA) is 15.3 Å². The van der Waals surface area contributed by atoms with E-state index in [2.05, 4.69) is 76.4 Å². The first-order valence-corrected chi connectivity index (χ1v) is 7.69. The molecule has 0 aliphatic rings. The van der Waals surface area contributed by atoms with Crippen molar-refractivity contribution in [3.05, 3.63) is 40.9 Å². The van der Waals surface area contributed by atoms with Gasteiger partial charge in [-0.1, -0.05) is 54.0 Å². The van der Waals surface area contributed by atoms with Gasteiger partial charge >= 0.3 is 0 Å². The molecule has 2 aromatic rings. The first-order valence-electron chi connectivity index (χ1n) is 6.89. The summed E-state index contributed by atoms with van der Waals surface area (Å²) in [7, 11) is 0. The maximum Gasteiger partial charge on any atom is 0.0421 e. The third-order valence-electron chi connectivity index (χ3n) is 3.51. The first kappa shape index (κ1) is 14.4. The fourth-order valence-corrected chi connectivity index (χ4v) is 2.78. The predicted octanol–water partition coefficient (Wildman–Crippen LogP) is 4.36. The number of fused-ring (bicyclic) bond motifs is 1. The lowest BCUT2D eigenvalue weighted by atomic mass is 10.1. The Morgan fingerprint density at radius 2 is 1.68 bits per heavy atom. The van der Waals surface area contributed by atoms with Crippen LogP contribution in [-0.2, 0) is 0 Å². The molecule has 0 fully saturated rings. The molecule has 0 atom stereocenters. The maximum atomic E-state index is 3.61. The minimum Gasteiger partial charge on any atom is -0.383 e. The van der Waals surface area contributed by atoms with Gasteiger partial charge in [-0.3, -0.25) is 0 Å². The number of rotatable bonds is 6. The lowest BCUT2D eigenvalue weighted by molar-refractivity contribution is 0.316. The van der Waals surface area contributed by atoms with Crippen molar-refractivity contribution in [3.8, 4) is 0 Å². The van der Waals surface area contributed by atoms with Crippen LogP contribution < -0.4 is 5.32 Å². The average molecular weight is 321 g/mol. The highest BCUT2D eigenvalue weighted by Crippen LogP contribution is 2.29. The lowest BCUT2D eigenvalue weighted by Crippen LogP contribution is -2.28. The Morgan fingerprint density at radius 3 is 2.37 bits per heavy atom. The maximum absolute atomic E-state index is 3.61. The van der Waals surface area contributed by atoms with E-state index in [4.69, 9.17) is 0 Å². The van der Waals surface area contributed by atoms with Crippen LogP contribution in [0, 0.1) is 0 Å². The van der Waals surface area contributed by atoms with Crippen molar-refractivity contribution < 1.29 is 0 Å². The van der Waals surface area contributed by atoms with Gasteiger partial charge in [0, 0.05) is 28.6 Å².